The number of hydrogen-bond donors (Lipinski definition) is 2. The molecule has 0 fully saturated rings. The summed E-state index contributed by atoms with van der Waals surface area (Å²) in [4.78, 5) is 24.2. The number of benzene rings is 1. The number of nitrogens with one attached hydrogen (secondary N) is 2. The molecule has 25 heavy (non-hydrogen) atoms. The fraction of sp³-hybridized carbons (Fsp3) is 0.294. The fourth-order valence-corrected chi connectivity index (χ4v) is 3.14. The van der Waals surface area contributed by atoms with Gasteiger partial charge in [0.05, 0.1) is 12.5 Å². The fourth-order valence-electron chi connectivity index (χ4n) is 2.36. The van der Waals surface area contributed by atoms with Crippen LogP contribution in [0.1, 0.15) is 35.9 Å². The van der Waals surface area contributed by atoms with Gasteiger partial charge >= 0.3 is 6.18 Å². The first-order valence-corrected chi connectivity index (χ1v) is 8.37. The quantitative estimate of drug-likeness (QED) is 0.814. The van der Waals surface area contributed by atoms with Gasteiger partial charge < -0.3 is 10.6 Å². The Kier molecular flexibility index (Phi) is 6.19. The summed E-state index contributed by atoms with van der Waals surface area (Å²) in [7, 11) is 0. The average Bonchev–Trinajstić information content (AvgIpc) is 3.06. The highest BCUT2D eigenvalue weighted by Crippen LogP contribution is 2.33. The van der Waals surface area contributed by atoms with Crippen molar-refractivity contribution in [2.75, 3.05) is 0 Å². The van der Waals surface area contributed by atoms with Crippen LogP contribution in [-0.4, -0.2) is 18.0 Å². The Morgan fingerprint density at radius 1 is 1.08 bits per heavy atom. The Bertz CT molecular complexity index is 702. The van der Waals surface area contributed by atoms with Crippen LogP contribution in [0, 0.1) is 0 Å². The summed E-state index contributed by atoms with van der Waals surface area (Å²) < 4.78 is 39.9. The third-order valence-corrected chi connectivity index (χ3v) is 4.41. The van der Waals surface area contributed by atoms with Crippen LogP contribution in [0.3, 0.4) is 0 Å². The van der Waals surface area contributed by atoms with Gasteiger partial charge in [0, 0.05) is 11.8 Å². The van der Waals surface area contributed by atoms with Crippen LogP contribution >= 0.6 is 11.3 Å². The van der Waals surface area contributed by atoms with Gasteiger partial charge in [0.15, 0.2) is 6.04 Å². The highest BCUT2D eigenvalue weighted by molar-refractivity contribution is 7.10. The lowest BCUT2D eigenvalue weighted by Gasteiger charge is -2.23. The monoisotopic (exact) mass is 370 g/mol. The molecule has 0 aliphatic rings. The van der Waals surface area contributed by atoms with E-state index in [1.54, 1.807) is 23.6 Å². The molecule has 1 aromatic carbocycles. The van der Waals surface area contributed by atoms with E-state index < -0.39 is 24.2 Å². The van der Waals surface area contributed by atoms with Crippen molar-refractivity contribution in [2.45, 2.75) is 31.6 Å². The lowest BCUT2D eigenvalue weighted by molar-refractivity contribution is -0.163. The minimum absolute atomic E-state index is 0.0458. The van der Waals surface area contributed by atoms with Crippen LogP contribution in [0.5, 0.6) is 0 Å². The van der Waals surface area contributed by atoms with Gasteiger partial charge in [-0.1, -0.05) is 36.4 Å². The minimum Gasteiger partial charge on any atom is -0.348 e. The van der Waals surface area contributed by atoms with E-state index in [0.717, 1.165) is 0 Å². The van der Waals surface area contributed by atoms with Crippen LogP contribution in [0.4, 0.5) is 13.2 Å². The summed E-state index contributed by atoms with van der Waals surface area (Å²) in [5.74, 6) is -1.15. The van der Waals surface area contributed by atoms with Gasteiger partial charge in [-0.05, 0) is 17.0 Å². The van der Waals surface area contributed by atoms with Crippen molar-refractivity contribution in [3.05, 3.63) is 58.3 Å². The maximum Gasteiger partial charge on any atom is 0.412 e. The van der Waals surface area contributed by atoms with Crippen molar-refractivity contribution in [3.8, 4) is 0 Å². The first kappa shape index (κ1) is 19.0. The van der Waals surface area contributed by atoms with E-state index >= 15 is 0 Å². The maximum absolute atomic E-state index is 13.3. The van der Waals surface area contributed by atoms with E-state index in [4.69, 9.17) is 0 Å². The summed E-state index contributed by atoms with van der Waals surface area (Å²) >= 11 is 1.32. The third kappa shape index (κ3) is 5.60. The molecule has 4 nitrogen and oxygen atoms in total. The molecule has 1 heterocycles. The van der Waals surface area contributed by atoms with Crippen LogP contribution in [0.15, 0.2) is 47.8 Å². The Morgan fingerprint density at radius 2 is 1.76 bits per heavy atom. The molecule has 1 aromatic heterocycles. The van der Waals surface area contributed by atoms with Gasteiger partial charge in [0.2, 0.25) is 11.8 Å². The predicted octanol–water partition coefficient (Wildman–Crippen LogP) is 3.74. The summed E-state index contributed by atoms with van der Waals surface area (Å²) in [6, 6.07) is 7.88. The zero-order valence-corrected chi connectivity index (χ0v) is 14.2. The number of carbonyl (C=O) groups excluding carboxylic acids is 2. The second kappa shape index (κ2) is 8.15. The average molecular weight is 370 g/mol. The topological polar surface area (TPSA) is 58.2 Å². The molecular weight excluding hydrogens is 353 g/mol. The number of rotatable bonds is 6. The Balaban J connectivity index is 2.13. The van der Waals surface area contributed by atoms with E-state index in [0.29, 0.717) is 4.88 Å². The molecule has 0 bridgehead atoms. The van der Waals surface area contributed by atoms with Gasteiger partial charge in [-0.3, -0.25) is 9.59 Å². The zero-order chi connectivity index (χ0) is 18.4. The van der Waals surface area contributed by atoms with Crippen molar-refractivity contribution in [3.63, 3.8) is 0 Å². The minimum atomic E-state index is -4.62. The number of thiophene rings is 1. The van der Waals surface area contributed by atoms with Gasteiger partial charge in [-0.15, -0.1) is 11.3 Å². The molecule has 0 aliphatic carbocycles. The van der Waals surface area contributed by atoms with Gasteiger partial charge in [-0.2, -0.15) is 13.2 Å². The van der Waals surface area contributed by atoms with Crippen molar-refractivity contribution in [2.24, 2.45) is 0 Å². The second-order valence-electron chi connectivity index (χ2n) is 5.43. The number of carbonyl (C=O) groups is 2. The molecule has 0 spiro atoms. The molecule has 0 saturated carbocycles. The standard InChI is InChI=1S/C17H17F3N2O2S/c1-11(23)21-13(14-8-5-9-25-14)10-15(24)22-16(17(18,19)20)12-6-3-2-4-7-12/h2-9,13,16H,10H2,1H3,(H,21,23)(H,22,24). The summed E-state index contributed by atoms with van der Waals surface area (Å²) in [5, 5.41) is 6.39. The molecule has 2 aromatic rings. The van der Waals surface area contributed by atoms with Crippen molar-refractivity contribution >= 4 is 23.2 Å². The summed E-state index contributed by atoms with van der Waals surface area (Å²) in [5.41, 5.74) is -0.0458. The normalized spacial score (nSPS) is 13.8. The molecule has 0 saturated heterocycles. The highest BCUT2D eigenvalue weighted by Gasteiger charge is 2.42. The maximum atomic E-state index is 13.3. The van der Waals surface area contributed by atoms with Gasteiger partial charge in [0.1, 0.15) is 0 Å². The van der Waals surface area contributed by atoms with Crippen molar-refractivity contribution in [1.29, 1.82) is 0 Å². The van der Waals surface area contributed by atoms with Crippen molar-refractivity contribution < 1.29 is 22.8 Å². The molecule has 2 atom stereocenters. The zero-order valence-electron chi connectivity index (χ0n) is 13.3. The summed E-state index contributed by atoms with van der Waals surface area (Å²) in [6.45, 7) is 1.29. The smallest absolute Gasteiger partial charge is 0.348 e. The van der Waals surface area contributed by atoms with E-state index in [1.165, 1.54) is 42.5 Å². The second-order valence-corrected chi connectivity index (χ2v) is 6.40. The predicted molar refractivity (Wildman–Crippen MR) is 88.9 cm³/mol. The van der Waals surface area contributed by atoms with Crippen molar-refractivity contribution in [1.82, 2.24) is 10.6 Å². The van der Waals surface area contributed by atoms with Gasteiger partial charge in [0.25, 0.3) is 0 Å². The largest absolute Gasteiger partial charge is 0.412 e. The summed E-state index contributed by atoms with van der Waals surface area (Å²) in [6.07, 6.45) is -4.90. The number of alkyl halides is 3. The highest BCUT2D eigenvalue weighted by atomic mass is 32.1. The third-order valence-electron chi connectivity index (χ3n) is 3.42. The first-order valence-electron chi connectivity index (χ1n) is 7.49. The SMILES string of the molecule is CC(=O)NC(CC(=O)NC(c1ccccc1)C(F)(F)F)c1cccs1. The Morgan fingerprint density at radius 3 is 2.28 bits per heavy atom. The molecule has 134 valence electrons. The van der Waals surface area contributed by atoms with Crippen LogP contribution in [-0.2, 0) is 9.59 Å². The van der Waals surface area contributed by atoms with Crippen LogP contribution in [0.2, 0.25) is 0 Å². The number of amides is 2. The molecule has 2 amide bonds. The molecule has 8 heteroatoms. The molecule has 2 unspecified atom stereocenters. The van der Waals surface area contributed by atoms with E-state index in [-0.39, 0.29) is 17.9 Å². The first-order chi connectivity index (χ1) is 11.8. The number of halogens is 3. The molecule has 0 aliphatic heterocycles. The lowest BCUT2D eigenvalue weighted by atomic mass is 10.1. The molecule has 2 rings (SSSR count). The van der Waals surface area contributed by atoms with Gasteiger partial charge in [-0.25, -0.2) is 0 Å². The van der Waals surface area contributed by atoms with E-state index in [9.17, 15) is 22.8 Å². The molecular formula is C17H17F3N2O2S. The molecule has 2 N–H and O–H groups in total. The molecule has 0 radical (unpaired) electrons. The Labute approximate surface area is 147 Å². The van der Waals surface area contributed by atoms with E-state index in [2.05, 4.69) is 5.32 Å². The van der Waals surface area contributed by atoms with Crippen LogP contribution < -0.4 is 10.6 Å². The van der Waals surface area contributed by atoms with E-state index in [1.807, 2.05) is 5.32 Å². The lowest BCUT2D eigenvalue weighted by Crippen LogP contribution is -2.40. The Hall–Kier alpha value is -2.35. The number of hydrogen-bond acceptors (Lipinski definition) is 3. The van der Waals surface area contributed by atoms with Crippen LogP contribution in [0.25, 0.3) is 0 Å².